The Balaban J connectivity index is 1.37. The van der Waals surface area contributed by atoms with E-state index in [4.69, 9.17) is 14.6 Å². The van der Waals surface area contributed by atoms with E-state index in [1.165, 1.54) is 0 Å². The Labute approximate surface area is 186 Å². The molecular weight excluding hydrogens is 412 g/mol. The number of carbonyl (C=O) groups is 3. The van der Waals surface area contributed by atoms with Crippen molar-refractivity contribution in [2.45, 2.75) is 31.7 Å². The van der Waals surface area contributed by atoms with Crippen LogP contribution in [0.3, 0.4) is 0 Å². The maximum absolute atomic E-state index is 12.1. The van der Waals surface area contributed by atoms with Crippen LogP contribution in [0.5, 0.6) is 0 Å². The fourth-order valence-electron chi connectivity index (χ4n) is 3.82. The zero-order valence-corrected chi connectivity index (χ0v) is 18.0. The van der Waals surface area contributed by atoms with Gasteiger partial charge < -0.3 is 25.2 Å². The summed E-state index contributed by atoms with van der Waals surface area (Å²) in [5, 5.41) is 14.0. The summed E-state index contributed by atoms with van der Waals surface area (Å²) in [7, 11) is 0. The van der Waals surface area contributed by atoms with Crippen LogP contribution >= 0.6 is 0 Å². The first kappa shape index (κ1) is 23.3. The first-order chi connectivity index (χ1) is 15.5. The van der Waals surface area contributed by atoms with Crippen molar-refractivity contribution in [2.75, 3.05) is 26.4 Å². The highest BCUT2D eigenvalue weighted by Crippen LogP contribution is 2.44. The number of aliphatic carboxylic acids is 1. The fourth-order valence-corrected chi connectivity index (χ4v) is 3.82. The van der Waals surface area contributed by atoms with E-state index >= 15 is 0 Å². The molecule has 3 N–H and O–H groups in total. The minimum absolute atomic E-state index is 0.00888. The van der Waals surface area contributed by atoms with Gasteiger partial charge in [0.15, 0.2) is 0 Å². The lowest BCUT2D eigenvalue weighted by Gasteiger charge is -2.15. The summed E-state index contributed by atoms with van der Waals surface area (Å²) in [6.07, 6.45) is -0.167. The number of nitrogens with one attached hydrogen (secondary N) is 2. The lowest BCUT2D eigenvalue weighted by atomic mass is 9.98. The maximum atomic E-state index is 12.1. The molecular formula is C24H28N2O6. The van der Waals surface area contributed by atoms with Crippen LogP contribution in [0.1, 0.15) is 36.8 Å². The number of hydrogen-bond donors (Lipinski definition) is 3. The molecule has 8 nitrogen and oxygen atoms in total. The fraction of sp³-hybridized carbons (Fsp3) is 0.375. The van der Waals surface area contributed by atoms with Crippen molar-refractivity contribution in [3.05, 3.63) is 59.7 Å². The number of ether oxygens (including phenoxy) is 2. The molecule has 3 rings (SSSR count). The molecule has 0 saturated heterocycles. The average molecular weight is 440 g/mol. The topological polar surface area (TPSA) is 114 Å². The first-order valence-electron chi connectivity index (χ1n) is 10.7. The summed E-state index contributed by atoms with van der Waals surface area (Å²) in [4.78, 5) is 34.6. The Morgan fingerprint density at radius 1 is 1.03 bits per heavy atom. The highest BCUT2D eigenvalue weighted by atomic mass is 16.5. The molecule has 0 heterocycles. The van der Waals surface area contributed by atoms with Crippen molar-refractivity contribution in [1.29, 1.82) is 0 Å². The second-order valence-corrected chi connectivity index (χ2v) is 7.58. The Bertz CT molecular complexity index is 916. The van der Waals surface area contributed by atoms with E-state index in [9.17, 15) is 14.4 Å². The molecule has 170 valence electrons. The Kier molecular flexibility index (Phi) is 8.21. The molecule has 2 amide bonds. The van der Waals surface area contributed by atoms with Gasteiger partial charge in [-0.25, -0.2) is 4.79 Å². The van der Waals surface area contributed by atoms with Crippen molar-refractivity contribution in [1.82, 2.24) is 10.6 Å². The molecule has 2 aromatic carbocycles. The number of rotatable bonds is 11. The quantitative estimate of drug-likeness (QED) is 0.463. The second kappa shape index (κ2) is 11.3. The third kappa shape index (κ3) is 6.07. The van der Waals surface area contributed by atoms with Gasteiger partial charge in [0.1, 0.15) is 13.2 Å². The summed E-state index contributed by atoms with van der Waals surface area (Å²) in [5.74, 6) is -1.37. The third-order valence-corrected chi connectivity index (χ3v) is 5.37. The van der Waals surface area contributed by atoms with Gasteiger partial charge in [-0.1, -0.05) is 55.5 Å². The van der Waals surface area contributed by atoms with Crippen LogP contribution in [0.15, 0.2) is 48.5 Å². The van der Waals surface area contributed by atoms with Gasteiger partial charge in [0.05, 0.1) is 13.0 Å². The smallest absolute Gasteiger partial charge is 0.407 e. The summed E-state index contributed by atoms with van der Waals surface area (Å²) in [6.45, 7) is 2.14. The van der Waals surface area contributed by atoms with Crippen LogP contribution in [-0.4, -0.2) is 55.5 Å². The van der Waals surface area contributed by atoms with Crippen molar-refractivity contribution in [3.8, 4) is 11.1 Å². The van der Waals surface area contributed by atoms with Gasteiger partial charge >= 0.3 is 12.1 Å². The molecule has 0 fully saturated rings. The number of carboxylic acids is 1. The van der Waals surface area contributed by atoms with E-state index in [0.717, 1.165) is 22.3 Å². The number of benzene rings is 2. The minimum atomic E-state index is -0.967. The summed E-state index contributed by atoms with van der Waals surface area (Å²) in [5.41, 5.74) is 4.61. The number of fused-ring (bicyclic) bond motifs is 3. The molecule has 8 heteroatoms. The van der Waals surface area contributed by atoms with Gasteiger partial charge in [-0.2, -0.15) is 0 Å². The van der Waals surface area contributed by atoms with Crippen molar-refractivity contribution in [3.63, 3.8) is 0 Å². The lowest BCUT2D eigenvalue weighted by molar-refractivity contribution is -0.137. The molecule has 0 spiro atoms. The van der Waals surface area contributed by atoms with Crippen LogP contribution < -0.4 is 10.6 Å². The van der Waals surface area contributed by atoms with E-state index in [1.807, 2.05) is 24.3 Å². The maximum Gasteiger partial charge on any atom is 0.407 e. The number of amides is 2. The molecule has 0 radical (unpaired) electrons. The van der Waals surface area contributed by atoms with Crippen molar-refractivity contribution >= 4 is 18.0 Å². The zero-order valence-electron chi connectivity index (χ0n) is 18.0. The SMILES string of the molecule is CC[C@H](CC(=O)O)NC(=O)COCCNC(=O)OCC1c2ccccc2-c2ccccc21. The van der Waals surface area contributed by atoms with Crippen molar-refractivity contribution < 1.29 is 29.0 Å². The van der Waals surface area contributed by atoms with E-state index in [0.29, 0.717) is 6.42 Å². The van der Waals surface area contributed by atoms with E-state index in [2.05, 4.69) is 34.9 Å². The molecule has 0 saturated carbocycles. The largest absolute Gasteiger partial charge is 0.481 e. The zero-order chi connectivity index (χ0) is 22.9. The van der Waals surface area contributed by atoms with Crippen molar-refractivity contribution in [2.24, 2.45) is 0 Å². The van der Waals surface area contributed by atoms with Crippen LogP contribution in [-0.2, 0) is 19.1 Å². The Morgan fingerprint density at radius 2 is 1.66 bits per heavy atom. The van der Waals surface area contributed by atoms with Gasteiger partial charge in [-0.05, 0) is 28.7 Å². The van der Waals surface area contributed by atoms with Crippen LogP contribution in [0.4, 0.5) is 4.79 Å². The summed E-state index contributed by atoms with van der Waals surface area (Å²) in [6, 6.07) is 15.8. The summed E-state index contributed by atoms with van der Waals surface area (Å²) >= 11 is 0. The predicted molar refractivity (Wildman–Crippen MR) is 118 cm³/mol. The summed E-state index contributed by atoms with van der Waals surface area (Å²) < 4.78 is 10.7. The van der Waals surface area contributed by atoms with E-state index < -0.39 is 18.1 Å². The van der Waals surface area contributed by atoms with Gasteiger partial charge in [0.25, 0.3) is 0 Å². The Hall–Kier alpha value is -3.39. The average Bonchev–Trinajstić information content (AvgIpc) is 3.10. The molecule has 0 bridgehead atoms. The lowest BCUT2D eigenvalue weighted by Crippen LogP contribution is -2.38. The van der Waals surface area contributed by atoms with Crippen LogP contribution in [0.25, 0.3) is 11.1 Å². The van der Waals surface area contributed by atoms with E-state index in [1.54, 1.807) is 6.92 Å². The molecule has 1 aliphatic rings. The highest BCUT2D eigenvalue weighted by Gasteiger charge is 2.28. The minimum Gasteiger partial charge on any atom is -0.481 e. The standard InChI is InChI=1S/C24H28N2O6/c1-2-16(13-23(28)29)26-22(27)15-31-12-11-25-24(30)32-14-21-19-9-5-3-7-17(19)18-8-4-6-10-20(18)21/h3-10,16,21H,2,11-15H2,1H3,(H,25,30)(H,26,27)(H,28,29)/t16-/m1/s1. The Morgan fingerprint density at radius 3 is 2.25 bits per heavy atom. The second-order valence-electron chi connectivity index (χ2n) is 7.58. The van der Waals surface area contributed by atoms with E-state index in [-0.39, 0.29) is 44.6 Å². The first-order valence-corrected chi connectivity index (χ1v) is 10.7. The molecule has 0 aromatic heterocycles. The number of carboxylic acid groups (broad SMARTS) is 1. The third-order valence-electron chi connectivity index (χ3n) is 5.37. The van der Waals surface area contributed by atoms with Crippen LogP contribution in [0.2, 0.25) is 0 Å². The van der Waals surface area contributed by atoms with Crippen LogP contribution in [0, 0.1) is 0 Å². The molecule has 1 aliphatic carbocycles. The predicted octanol–water partition coefficient (Wildman–Crippen LogP) is 2.91. The molecule has 1 atom stereocenters. The molecule has 0 unspecified atom stereocenters. The molecule has 32 heavy (non-hydrogen) atoms. The monoisotopic (exact) mass is 440 g/mol. The normalized spacial score (nSPS) is 13.0. The highest BCUT2D eigenvalue weighted by molar-refractivity contribution is 5.79. The molecule has 0 aliphatic heterocycles. The van der Waals surface area contributed by atoms with Gasteiger partial charge in [-0.15, -0.1) is 0 Å². The van der Waals surface area contributed by atoms with Gasteiger partial charge in [0.2, 0.25) is 5.91 Å². The molecule has 2 aromatic rings. The number of carbonyl (C=O) groups excluding carboxylic acids is 2. The van der Waals surface area contributed by atoms with Gasteiger partial charge in [-0.3, -0.25) is 9.59 Å². The number of hydrogen-bond acceptors (Lipinski definition) is 5. The van der Waals surface area contributed by atoms with Gasteiger partial charge in [0, 0.05) is 18.5 Å². The number of alkyl carbamates (subject to hydrolysis) is 1.